The first-order valence-electron chi connectivity index (χ1n) is 10.8. The zero-order valence-electron chi connectivity index (χ0n) is 19.5. The number of anilines is 1. The molecular weight excluding hydrogens is 556 g/mol. The number of hydrazine groups is 1. The van der Waals surface area contributed by atoms with Crippen molar-refractivity contribution in [2.45, 2.75) is 24.0 Å². The number of amidine groups is 2. The van der Waals surface area contributed by atoms with Crippen LogP contribution in [-0.2, 0) is 19.2 Å². The highest BCUT2D eigenvalue weighted by Gasteiger charge is 2.54. The van der Waals surface area contributed by atoms with E-state index >= 15 is 0 Å². The second kappa shape index (κ2) is 11.4. The van der Waals surface area contributed by atoms with Crippen LogP contribution in [-0.4, -0.2) is 90.2 Å². The van der Waals surface area contributed by atoms with Crippen LogP contribution >= 0.6 is 34.9 Å². The molecule has 0 saturated carbocycles. The van der Waals surface area contributed by atoms with Gasteiger partial charge in [0.05, 0.1) is 0 Å². The molecule has 0 aliphatic carbocycles. The van der Waals surface area contributed by atoms with Crippen molar-refractivity contribution in [2.24, 2.45) is 21.7 Å². The molecule has 18 heteroatoms. The average Bonchev–Trinajstić information content (AvgIpc) is 3.31. The molecule has 1 aromatic rings. The number of carboxylic acid groups (broad SMARTS) is 1. The highest BCUT2D eigenvalue weighted by molar-refractivity contribution is 8.14. The van der Waals surface area contributed by atoms with Crippen LogP contribution in [0.2, 0.25) is 0 Å². The summed E-state index contributed by atoms with van der Waals surface area (Å²) in [5.74, 6) is 5.99. The van der Waals surface area contributed by atoms with Crippen LogP contribution in [0, 0.1) is 17.8 Å². The lowest BCUT2D eigenvalue weighted by atomic mass is 10.0. The minimum absolute atomic E-state index is 0.0664. The second-order valence-corrected chi connectivity index (χ2v) is 10.9. The molecule has 3 aliphatic rings. The SMILES string of the molecule is C#CCON=C(C(=O)NC1C(=O)N2C(C(=O)O)=C(CSC3=NC(=N)CC(N)N3N)CS[C@@H]12)c1csc(N)n1. The normalized spacial score (nSPS) is 23.3. The molecule has 3 aliphatic heterocycles. The molecular formula is C20H22N10O5S3. The van der Waals surface area contributed by atoms with Gasteiger partial charge in [-0.05, 0) is 5.57 Å². The molecule has 3 atom stereocenters. The van der Waals surface area contributed by atoms with Gasteiger partial charge in [0.25, 0.3) is 11.8 Å². The lowest BCUT2D eigenvalue weighted by Crippen LogP contribution is -2.71. The predicted molar refractivity (Wildman–Crippen MR) is 144 cm³/mol. The third kappa shape index (κ3) is 5.46. The molecule has 0 aromatic carbocycles. The molecule has 1 saturated heterocycles. The zero-order chi connectivity index (χ0) is 27.6. The van der Waals surface area contributed by atoms with Gasteiger partial charge >= 0.3 is 5.97 Å². The van der Waals surface area contributed by atoms with Crippen molar-refractivity contribution in [3.8, 4) is 12.3 Å². The number of nitrogens with two attached hydrogens (primary N) is 3. The van der Waals surface area contributed by atoms with Crippen molar-refractivity contribution >= 4 is 74.5 Å². The number of hydrogen-bond donors (Lipinski definition) is 6. The number of fused-ring (bicyclic) bond motifs is 1. The molecule has 2 amide bonds. The fraction of sp³-hybridized carbons (Fsp3) is 0.350. The van der Waals surface area contributed by atoms with Crippen molar-refractivity contribution < 1.29 is 24.3 Å². The molecule has 2 unspecified atom stereocenters. The van der Waals surface area contributed by atoms with E-state index in [-0.39, 0.29) is 57.8 Å². The van der Waals surface area contributed by atoms with Crippen molar-refractivity contribution in [2.75, 3.05) is 23.8 Å². The topological polar surface area (TPSA) is 239 Å². The Bertz CT molecular complexity index is 1320. The molecule has 9 N–H and O–H groups in total. The Balaban J connectivity index is 1.49. The van der Waals surface area contributed by atoms with Gasteiger partial charge < -0.3 is 26.7 Å². The Morgan fingerprint density at radius 2 is 2.24 bits per heavy atom. The van der Waals surface area contributed by atoms with Crippen LogP contribution in [0.15, 0.2) is 26.8 Å². The lowest BCUT2D eigenvalue weighted by molar-refractivity contribution is -0.150. The standard InChI is InChI=1S/C20H22N10O5S3/c1-2-3-35-28-12(9-7-37-19(23)25-9)15(31)27-13-16(32)29-14(18(33)34)8(5-36-17(13)29)6-38-20-26-10(21)4-11(22)30(20)24/h1,7,11,13,17,21H,3-6,22,24H2,(H2,23,25)(H,27,31)(H,33,34)/t11?,13?,17-/m0/s1. The number of carbonyl (C=O) groups is 3. The van der Waals surface area contributed by atoms with Gasteiger partial charge in [-0.15, -0.1) is 29.5 Å². The zero-order valence-corrected chi connectivity index (χ0v) is 21.9. The lowest BCUT2D eigenvalue weighted by Gasteiger charge is -2.49. The smallest absolute Gasteiger partial charge is 0.352 e. The van der Waals surface area contributed by atoms with Gasteiger partial charge in [0.15, 0.2) is 22.6 Å². The Kier molecular flexibility index (Phi) is 8.23. The summed E-state index contributed by atoms with van der Waals surface area (Å²) in [7, 11) is 0. The summed E-state index contributed by atoms with van der Waals surface area (Å²) in [6.07, 6.45) is 4.72. The van der Waals surface area contributed by atoms with Crippen LogP contribution in [0.5, 0.6) is 0 Å². The Morgan fingerprint density at radius 3 is 2.89 bits per heavy atom. The number of aliphatic carboxylic acids is 1. The van der Waals surface area contributed by atoms with Crippen molar-refractivity contribution in [1.29, 1.82) is 5.41 Å². The number of thiazole rings is 1. The third-order valence-electron chi connectivity index (χ3n) is 5.41. The van der Waals surface area contributed by atoms with Gasteiger partial charge in [-0.3, -0.25) is 24.9 Å². The van der Waals surface area contributed by atoms with Crippen LogP contribution in [0.1, 0.15) is 12.1 Å². The minimum Gasteiger partial charge on any atom is -0.477 e. The number of aliphatic imine (C=N–C) groups is 1. The summed E-state index contributed by atoms with van der Waals surface area (Å²) < 4.78 is 0. The molecule has 200 valence electrons. The number of nitrogens with zero attached hydrogens (tertiary/aromatic N) is 5. The number of nitrogen functional groups attached to an aromatic ring is 1. The minimum atomic E-state index is -1.29. The number of aromatic nitrogens is 1. The number of thioether (sulfide) groups is 2. The summed E-state index contributed by atoms with van der Waals surface area (Å²) in [5.41, 5.74) is 11.8. The molecule has 1 aromatic heterocycles. The van der Waals surface area contributed by atoms with Crippen LogP contribution in [0.25, 0.3) is 0 Å². The highest BCUT2D eigenvalue weighted by atomic mass is 32.2. The van der Waals surface area contributed by atoms with E-state index in [4.69, 9.17) is 34.0 Å². The maximum absolute atomic E-state index is 13.0. The second-order valence-electron chi connectivity index (χ2n) is 7.92. The molecule has 0 bridgehead atoms. The monoisotopic (exact) mass is 578 g/mol. The summed E-state index contributed by atoms with van der Waals surface area (Å²) in [5, 5.41) is 26.6. The first kappa shape index (κ1) is 27.4. The largest absolute Gasteiger partial charge is 0.477 e. The van der Waals surface area contributed by atoms with Crippen LogP contribution < -0.4 is 22.6 Å². The number of β-lactam (4-membered cyclic amide) rings is 1. The number of amides is 2. The maximum Gasteiger partial charge on any atom is 0.352 e. The molecule has 15 nitrogen and oxygen atoms in total. The molecule has 4 rings (SSSR count). The maximum atomic E-state index is 13.0. The van der Waals surface area contributed by atoms with Gasteiger partial charge in [-0.25, -0.2) is 20.6 Å². The summed E-state index contributed by atoms with van der Waals surface area (Å²) >= 11 is 3.50. The Morgan fingerprint density at radius 1 is 1.47 bits per heavy atom. The Hall–Kier alpha value is -3.63. The van der Waals surface area contributed by atoms with E-state index in [2.05, 4.69) is 26.4 Å². The van der Waals surface area contributed by atoms with Gasteiger partial charge in [0.2, 0.25) is 0 Å². The fourth-order valence-corrected chi connectivity index (χ4v) is 6.68. The van der Waals surface area contributed by atoms with E-state index < -0.39 is 35.4 Å². The molecule has 4 heterocycles. The number of hydrogen-bond acceptors (Lipinski definition) is 14. The number of carbonyl (C=O) groups excluding carboxylic acids is 2. The van der Waals surface area contributed by atoms with E-state index in [1.807, 2.05) is 0 Å². The van der Waals surface area contributed by atoms with Gasteiger partial charge in [-0.2, -0.15) is 0 Å². The first-order valence-corrected chi connectivity index (χ1v) is 13.7. The summed E-state index contributed by atoms with van der Waals surface area (Å²) in [6, 6.07) is -1.01. The highest BCUT2D eigenvalue weighted by Crippen LogP contribution is 2.41. The first-order chi connectivity index (χ1) is 18.1. The number of terminal acetylenes is 1. The molecule has 0 spiro atoms. The number of nitrogens with one attached hydrogen (secondary N) is 2. The van der Waals surface area contributed by atoms with E-state index in [0.717, 1.165) is 28.0 Å². The predicted octanol–water partition coefficient (Wildman–Crippen LogP) is -1.25. The van der Waals surface area contributed by atoms with E-state index in [9.17, 15) is 19.5 Å². The van der Waals surface area contributed by atoms with Crippen molar-refractivity contribution in [3.63, 3.8) is 0 Å². The van der Waals surface area contributed by atoms with Gasteiger partial charge in [-0.1, -0.05) is 22.8 Å². The van der Waals surface area contributed by atoms with E-state index in [1.54, 1.807) is 0 Å². The quantitative estimate of drug-likeness (QED) is 0.0529. The number of rotatable bonds is 8. The van der Waals surface area contributed by atoms with Crippen LogP contribution in [0.3, 0.4) is 0 Å². The van der Waals surface area contributed by atoms with E-state index in [0.29, 0.717) is 5.57 Å². The number of carboxylic acids is 1. The van der Waals surface area contributed by atoms with Gasteiger partial charge in [0.1, 0.15) is 34.8 Å². The molecule has 0 radical (unpaired) electrons. The van der Waals surface area contributed by atoms with Gasteiger partial charge in [0, 0.05) is 23.3 Å². The molecule has 38 heavy (non-hydrogen) atoms. The average molecular weight is 579 g/mol. The fourth-order valence-electron chi connectivity index (χ4n) is 3.65. The Labute approximate surface area is 228 Å². The van der Waals surface area contributed by atoms with Crippen LogP contribution in [0.4, 0.5) is 5.13 Å². The third-order valence-corrected chi connectivity index (χ3v) is 8.47. The molecule has 1 fully saturated rings. The number of oxime groups is 1. The summed E-state index contributed by atoms with van der Waals surface area (Å²) in [6.45, 7) is -0.194. The van der Waals surface area contributed by atoms with Crippen molar-refractivity contribution in [1.82, 2.24) is 20.2 Å². The summed E-state index contributed by atoms with van der Waals surface area (Å²) in [4.78, 5) is 52.3. The van der Waals surface area contributed by atoms with Crippen molar-refractivity contribution in [3.05, 3.63) is 22.3 Å². The van der Waals surface area contributed by atoms with E-state index in [1.165, 1.54) is 22.2 Å².